The summed E-state index contributed by atoms with van der Waals surface area (Å²) in [6.45, 7) is 1.89. The standard InChI is InChI=1S/C10H14ClNO4/c1-2-16-10(15)7(5-6-11)12-8(13)3-4-9(12)14/h7H,2-6H2,1H3. The molecule has 16 heavy (non-hydrogen) atoms. The maximum Gasteiger partial charge on any atom is 0.329 e. The van der Waals surface area contributed by atoms with E-state index >= 15 is 0 Å². The van der Waals surface area contributed by atoms with Crippen molar-refractivity contribution in [2.45, 2.75) is 32.2 Å². The zero-order valence-electron chi connectivity index (χ0n) is 9.07. The molecule has 0 aliphatic carbocycles. The van der Waals surface area contributed by atoms with Crippen LogP contribution in [0.15, 0.2) is 0 Å². The van der Waals surface area contributed by atoms with Crippen molar-refractivity contribution >= 4 is 29.4 Å². The molecule has 5 nitrogen and oxygen atoms in total. The predicted octanol–water partition coefficient (Wildman–Crippen LogP) is 0.696. The topological polar surface area (TPSA) is 63.7 Å². The van der Waals surface area contributed by atoms with Gasteiger partial charge in [-0.1, -0.05) is 0 Å². The summed E-state index contributed by atoms with van der Waals surface area (Å²) in [7, 11) is 0. The summed E-state index contributed by atoms with van der Waals surface area (Å²) in [5, 5.41) is 0. The SMILES string of the molecule is CCOC(=O)C(CCCl)N1C(=O)CCC1=O. The molecule has 1 unspecified atom stereocenters. The Kier molecular flexibility index (Phi) is 4.73. The summed E-state index contributed by atoms with van der Waals surface area (Å²) in [5.74, 6) is -1.02. The second-order valence-electron chi connectivity index (χ2n) is 3.40. The van der Waals surface area contributed by atoms with Crippen LogP contribution in [0.3, 0.4) is 0 Å². The number of likely N-dealkylation sites (tertiary alicyclic amines) is 1. The van der Waals surface area contributed by atoms with Crippen molar-refractivity contribution < 1.29 is 19.1 Å². The first-order chi connectivity index (χ1) is 7.61. The second-order valence-corrected chi connectivity index (χ2v) is 3.78. The van der Waals surface area contributed by atoms with Gasteiger partial charge in [-0.2, -0.15) is 0 Å². The lowest BCUT2D eigenvalue weighted by atomic mass is 10.2. The molecule has 1 heterocycles. The molecule has 1 aliphatic rings. The van der Waals surface area contributed by atoms with E-state index < -0.39 is 12.0 Å². The molecule has 1 saturated heterocycles. The van der Waals surface area contributed by atoms with E-state index in [0.717, 1.165) is 4.90 Å². The van der Waals surface area contributed by atoms with Crippen molar-refractivity contribution in [3.8, 4) is 0 Å². The third kappa shape index (κ3) is 2.72. The fourth-order valence-corrected chi connectivity index (χ4v) is 1.84. The molecular formula is C10H14ClNO4. The first-order valence-corrected chi connectivity index (χ1v) is 5.72. The summed E-state index contributed by atoms with van der Waals surface area (Å²) >= 11 is 5.56. The summed E-state index contributed by atoms with van der Waals surface area (Å²) in [6.07, 6.45) is 0.561. The smallest absolute Gasteiger partial charge is 0.329 e. The van der Waals surface area contributed by atoms with Crippen LogP contribution in [0, 0.1) is 0 Å². The molecule has 2 amide bonds. The van der Waals surface area contributed by atoms with Gasteiger partial charge in [0.05, 0.1) is 6.61 Å². The molecule has 90 valence electrons. The fourth-order valence-electron chi connectivity index (χ4n) is 1.64. The Labute approximate surface area is 98.7 Å². The largest absolute Gasteiger partial charge is 0.464 e. The summed E-state index contributed by atoms with van der Waals surface area (Å²) in [4.78, 5) is 35.5. The summed E-state index contributed by atoms with van der Waals surface area (Å²) < 4.78 is 4.82. The van der Waals surface area contributed by atoms with Gasteiger partial charge in [0.1, 0.15) is 6.04 Å². The molecule has 1 rings (SSSR count). The molecule has 0 aromatic carbocycles. The Morgan fingerprint density at radius 2 is 2.00 bits per heavy atom. The van der Waals surface area contributed by atoms with Crippen molar-refractivity contribution in [3.63, 3.8) is 0 Å². The Bertz CT molecular complexity index is 289. The van der Waals surface area contributed by atoms with E-state index in [9.17, 15) is 14.4 Å². The quantitative estimate of drug-likeness (QED) is 0.408. The number of esters is 1. The molecule has 0 aromatic rings. The summed E-state index contributed by atoms with van der Waals surface area (Å²) in [5.41, 5.74) is 0. The first kappa shape index (κ1) is 13.0. The van der Waals surface area contributed by atoms with Crippen LogP contribution in [0.25, 0.3) is 0 Å². The highest BCUT2D eigenvalue weighted by molar-refractivity contribution is 6.18. The third-order valence-electron chi connectivity index (χ3n) is 2.34. The fraction of sp³-hybridized carbons (Fsp3) is 0.700. The van der Waals surface area contributed by atoms with Crippen LogP contribution >= 0.6 is 11.6 Å². The van der Waals surface area contributed by atoms with E-state index in [2.05, 4.69) is 0 Å². The van der Waals surface area contributed by atoms with Crippen LogP contribution in [-0.4, -0.2) is 41.2 Å². The Morgan fingerprint density at radius 1 is 1.44 bits per heavy atom. The Morgan fingerprint density at radius 3 is 2.44 bits per heavy atom. The van der Waals surface area contributed by atoms with Gasteiger partial charge in [0.2, 0.25) is 11.8 Å². The van der Waals surface area contributed by atoms with Gasteiger partial charge < -0.3 is 4.74 Å². The zero-order chi connectivity index (χ0) is 12.1. The highest BCUT2D eigenvalue weighted by Crippen LogP contribution is 2.18. The number of alkyl halides is 1. The molecule has 0 spiro atoms. The Hall–Kier alpha value is -1.10. The van der Waals surface area contributed by atoms with Crippen LogP contribution in [0.5, 0.6) is 0 Å². The lowest BCUT2D eigenvalue weighted by Gasteiger charge is -2.23. The predicted molar refractivity (Wildman–Crippen MR) is 56.8 cm³/mol. The number of imide groups is 1. The van der Waals surface area contributed by atoms with Crippen LogP contribution in [0.1, 0.15) is 26.2 Å². The number of hydrogen-bond acceptors (Lipinski definition) is 4. The van der Waals surface area contributed by atoms with E-state index in [-0.39, 0.29) is 43.6 Å². The van der Waals surface area contributed by atoms with Crippen molar-refractivity contribution in [2.75, 3.05) is 12.5 Å². The molecule has 0 saturated carbocycles. The highest BCUT2D eigenvalue weighted by atomic mass is 35.5. The Balaban J connectivity index is 2.79. The van der Waals surface area contributed by atoms with E-state index in [1.807, 2.05) is 0 Å². The van der Waals surface area contributed by atoms with E-state index in [1.54, 1.807) is 6.92 Å². The monoisotopic (exact) mass is 247 g/mol. The molecule has 1 fully saturated rings. The number of rotatable bonds is 5. The third-order valence-corrected chi connectivity index (χ3v) is 2.56. The number of nitrogens with zero attached hydrogens (tertiary/aromatic N) is 1. The van der Waals surface area contributed by atoms with E-state index in [1.165, 1.54) is 0 Å². The van der Waals surface area contributed by atoms with Gasteiger partial charge in [-0.25, -0.2) is 4.79 Å². The molecular weight excluding hydrogens is 234 g/mol. The maximum atomic E-state index is 11.6. The van der Waals surface area contributed by atoms with Crippen molar-refractivity contribution in [3.05, 3.63) is 0 Å². The second kappa shape index (κ2) is 5.84. The van der Waals surface area contributed by atoms with Crippen molar-refractivity contribution in [1.82, 2.24) is 4.90 Å². The molecule has 1 aliphatic heterocycles. The van der Waals surface area contributed by atoms with Gasteiger partial charge in [-0.3, -0.25) is 14.5 Å². The average molecular weight is 248 g/mol. The van der Waals surface area contributed by atoms with Crippen LogP contribution < -0.4 is 0 Å². The average Bonchev–Trinajstić information content (AvgIpc) is 2.56. The molecule has 0 N–H and O–H groups in total. The van der Waals surface area contributed by atoms with Crippen LogP contribution in [0.4, 0.5) is 0 Å². The van der Waals surface area contributed by atoms with Gasteiger partial charge in [0.15, 0.2) is 0 Å². The minimum absolute atomic E-state index is 0.164. The minimum Gasteiger partial charge on any atom is -0.464 e. The lowest BCUT2D eigenvalue weighted by Crippen LogP contribution is -2.45. The van der Waals surface area contributed by atoms with Crippen molar-refractivity contribution in [1.29, 1.82) is 0 Å². The number of carbonyl (C=O) groups excluding carboxylic acids is 3. The number of carbonyl (C=O) groups is 3. The van der Waals surface area contributed by atoms with Crippen LogP contribution in [0.2, 0.25) is 0 Å². The van der Waals surface area contributed by atoms with Gasteiger partial charge in [0, 0.05) is 18.7 Å². The van der Waals surface area contributed by atoms with Gasteiger partial charge in [-0.05, 0) is 13.3 Å². The number of amides is 2. The zero-order valence-corrected chi connectivity index (χ0v) is 9.83. The maximum absolute atomic E-state index is 11.6. The molecule has 6 heteroatoms. The van der Waals surface area contributed by atoms with Gasteiger partial charge >= 0.3 is 5.97 Å². The van der Waals surface area contributed by atoms with Gasteiger partial charge in [0.25, 0.3) is 0 Å². The van der Waals surface area contributed by atoms with Crippen molar-refractivity contribution in [2.24, 2.45) is 0 Å². The van der Waals surface area contributed by atoms with E-state index in [0.29, 0.717) is 0 Å². The number of hydrogen-bond donors (Lipinski definition) is 0. The highest BCUT2D eigenvalue weighted by Gasteiger charge is 2.39. The van der Waals surface area contributed by atoms with Gasteiger partial charge in [-0.15, -0.1) is 11.6 Å². The molecule has 0 radical (unpaired) electrons. The molecule has 1 atom stereocenters. The number of halogens is 1. The normalized spacial score (nSPS) is 17.8. The number of ether oxygens (including phenoxy) is 1. The summed E-state index contributed by atoms with van der Waals surface area (Å²) in [6, 6.07) is -0.861. The van der Waals surface area contributed by atoms with E-state index in [4.69, 9.17) is 16.3 Å². The van der Waals surface area contributed by atoms with Crippen LogP contribution in [-0.2, 0) is 19.1 Å². The molecule has 0 bridgehead atoms. The minimum atomic E-state index is -0.861. The molecule has 0 aromatic heterocycles. The lowest BCUT2D eigenvalue weighted by molar-refractivity contribution is -0.158. The first-order valence-electron chi connectivity index (χ1n) is 5.19.